The molecule has 0 radical (unpaired) electrons. The van der Waals surface area contributed by atoms with Gasteiger partial charge in [0, 0.05) is 18.7 Å². The number of hydrogen-bond donors (Lipinski definition) is 2. The van der Waals surface area contributed by atoms with Crippen LogP contribution >= 0.6 is 0 Å². The first-order valence-electron chi connectivity index (χ1n) is 16.4. The zero-order valence-electron chi connectivity index (χ0n) is 27.3. The smallest absolute Gasteiger partial charge is 0.306 e. The lowest BCUT2D eigenvalue weighted by Gasteiger charge is -2.40. The van der Waals surface area contributed by atoms with Crippen LogP contribution in [-0.4, -0.2) is 77.2 Å². The minimum atomic E-state index is -1.48. The van der Waals surface area contributed by atoms with Gasteiger partial charge in [0.05, 0.1) is 36.6 Å². The average molecular weight is 642 g/mol. The van der Waals surface area contributed by atoms with Crippen LogP contribution in [0, 0.1) is 31.6 Å². The summed E-state index contributed by atoms with van der Waals surface area (Å²) < 4.78 is 12.4. The Kier molecular flexibility index (Phi) is 9.09. The molecule has 0 saturated carbocycles. The standard InChI is InChI=1S/C37H43N3O7/c1-22(2)28(20-41)40-33-36(45)39(27-19-23(3)15-16-24(27)4)18-10-17-37(33)32(35(40)44)31-29(47-37)13-8-9-14-30(42)46-21-26(38-34(31)43)25-11-6-5-7-12-25/h5-8,10-13,15-17,19,22,26,28-29,31-33,41H,9,14,18,20-21H2,1-4H3,(H,38,43)/b13-8-/t26-,28+,29+,31-,32-,33+,37-/m1/s1. The number of anilines is 1. The highest BCUT2D eigenvalue weighted by Crippen LogP contribution is 2.54. The molecule has 2 N–H and O–H groups in total. The Balaban J connectivity index is 1.47. The zero-order valence-corrected chi connectivity index (χ0v) is 27.3. The van der Waals surface area contributed by atoms with Gasteiger partial charge < -0.3 is 29.7 Å². The largest absolute Gasteiger partial charge is 0.463 e. The average Bonchev–Trinajstić information content (AvgIpc) is 3.43. The molecule has 2 aromatic carbocycles. The van der Waals surface area contributed by atoms with Crippen LogP contribution in [0.25, 0.3) is 0 Å². The molecule has 4 heterocycles. The highest BCUT2D eigenvalue weighted by Gasteiger charge is 2.72. The molecule has 10 heteroatoms. The molecule has 2 aromatic rings. The molecule has 2 saturated heterocycles. The van der Waals surface area contributed by atoms with Crippen molar-refractivity contribution in [2.24, 2.45) is 17.8 Å². The second-order valence-electron chi connectivity index (χ2n) is 13.3. The molecule has 0 bridgehead atoms. The van der Waals surface area contributed by atoms with Crippen LogP contribution in [0.3, 0.4) is 0 Å². The maximum absolute atomic E-state index is 14.9. The SMILES string of the molecule is Cc1ccc(C)c(N2CC=C[C@@]34O[C@H]5/C=C\CCC(=O)OC[C@H](c6ccccc6)NC(=O)[C@H]5[C@@H]3C(=O)N([C@@H](CO)C(C)C)[C@H]4C2=O)c1. The number of amides is 3. The van der Waals surface area contributed by atoms with Crippen molar-refractivity contribution in [2.45, 2.75) is 70.4 Å². The molecule has 10 nitrogen and oxygen atoms in total. The van der Waals surface area contributed by atoms with E-state index >= 15 is 0 Å². The van der Waals surface area contributed by atoms with Crippen LogP contribution in [0.1, 0.15) is 49.4 Å². The summed E-state index contributed by atoms with van der Waals surface area (Å²) in [5, 5.41) is 13.7. The van der Waals surface area contributed by atoms with E-state index in [1.807, 2.05) is 82.3 Å². The van der Waals surface area contributed by atoms with E-state index in [0.29, 0.717) is 6.42 Å². The number of rotatable bonds is 5. The van der Waals surface area contributed by atoms with E-state index in [4.69, 9.17) is 9.47 Å². The number of cyclic esters (lactones) is 1. The van der Waals surface area contributed by atoms with Gasteiger partial charge in [0.25, 0.3) is 5.91 Å². The van der Waals surface area contributed by atoms with Gasteiger partial charge in [-0.1, -0.05) is 80.6 Å². The normalized spacial score (nSPS) is 30.8. The van der Waals surface area contributed by atoms with Gasteiger partial charge in [-0.2, -0.15) is 0 Å². The summed E-state index contributed by atoms with van der Waals surface area (Å²) in [5.41, 5.74) is 1.89. The van der Waals surface area contributed by atoms with Crippen LogP contribution < -0.4 is 10.2 Å². The van der Waals surface area contributed by atoms with Crippen LogP contribution in [0.4, 0.5) is 5.69 Å². The van der Waals surface area contributed by atoms with Crippen LogP contribution in [0.2, 0.25) is 0 Å². The summed E-state index contributed by atoms with van der Waals surface area (Å²) in [7, 11) is 0. The fourth-order valence-corrected chi connectivity index (χ4v) is 7.58. The van der Waals surface area contributed by atoms with E-state index in [-0.39, 0.29) is 44.0 Å². The molecule has 7 atom stereocenters. The minimum absolute atomic E-state index is 0.0713. The Bertz CT molecular complexity index is 1600. The lowest BCUT2D eigenvalue weighted by Crippen LogP contribution is -2.59. The summed E-state index contributed by atoms with van der Waals surface area (Å²) in [4.78, 5) is 59.8. The van der Waals surface area contributed by atoms with Crippen LogP contribution in [0.5, 0.6) is 0 Å². The molecule has 4 aliphatic heterocycles. The highest BCUT2D eigenvalue weighted by atomic mass is 16.5. The molecular formula is C37H43N3O7. The Hall–Kier alpha value is -4.28. The molecule has 4 aliphatic rings. The monoisotopic (exact) mass is 641 g/mol. The number of aliphatic hydroxyl groups is 1. The lowest BCUT2D eigenvalue weighted by molar-refractivity contribution is -0.147. The van der Waals surface area contributed by atoms with Crippen molar-refractivity contribution in [2.75, 3.05) is 24.7 Å². The molecule has 6 rings (SSSR count). The van der Waals surface area contributed by atoms with E-state index in [2.05, 4.69) is 5.32 Å². The van der Waals surface area contributed by atoms with Gasteiger partial charge in [0.15, 0.2) is 0 Å². The number of hydrogen-bond acceptors (Lipinski definition) is 7. The molecule has 0 unspecified atom stereocenters. The van der Waals surface area contributed by atoms with E-state index in [1.54, 1.807) is 23.1 Å². The maximum atomic E-state index is 14.9. The Labute approximate surface area is 275 Å². The summed E-state index contributed by atoms with van der Waals surface area (Å²) in [6.45, 7) is 7.52. The van der Waals surface area contributed by atoms with Gasteiger partial charge in [-0.25, -0.2) is 0 Å². The van der Waals surface area contributed by atoms with Crippen LogP contribution in [0.15, 0.2) is 72.8 Å². The first-order valence-corrected chi connectivity index (χ1v) is 16.4. The first-order chi connectivity index (χ1) is 22.6. The molecule has 2 fully saturated rings. The Morgan fingerprint density at radius 1 is 1.02 bits per heavy atom. The number of ether oxygens (including phenoxy) is 2. The predicted octanol–water partition coefficient (Wildman–Crippen LogP) is 3.55. The fourth-order valence-electron chi connectivity index (χ4n) is 7.58. The third-order valence-corrected chi connectivity index (χ3v) is 9.97. The zero-order chi connectivity index (χ0) is 33.5. The van der Waals surface area contributed by atoms with Gasteiger partial charge >= 0.3 is 5.97 Å². The summed E-state index contributed by atoms with van der Waals surface area (Å²) >= 11 is 0. The Morgan fingerprint density at radius 3 is 2.51 bits per heavy atom. The van der Waals surface area contributed by atoms with E-state index in [0.717, 1.165) is 22.4 Å². The van der Waals surface area contributed by atoms with Crippen molar-refractivity contribution < 1.29 is 33.8 Å². The number of benzene rings is 2. The first kappa shape index (κ1) is 32.7. The highest BCUT2D eigenvalue weighted by molar-refractivity contribution is 6.06. The summed E-state index contributed by atoms with van der Waals surface area (Å²) in [5.74, 6) is -3.80. The lowest BCUT2D eigenvalue weighted by atomic mass is 9.77. The molecule has 1 spiro atoms. The van der Waals surface area contributed by atoms with Crippen LogP contribution in [-0.2, 0) is 28.7 Å². The number of carbonyl (C=O) groups excluding carboxylic acids is 4. The third kappa shape index (κ3) is 5.78. The topological polar surface area (TPSA) is 125 Å². The summed E-state index contributed by atoms with van der Waals surface area (Å²) in [6, 6.07) is 12.6. The van der Waals surface area contributed by atoms with Crippen molar-refractivity contribution in [3.63, 3.8) is 0 Å². The number of carbonyl (C=O) groups is 4. The van der Waals surface area contributed by atoms with Gasteiger partial charge in [0.1, 0.15) is 18.2 Å². The minimum Gasteiger partial charge on any atom is -0.463 e. The van der Waals surface area contributed by atoms with Gasteiger partial charge in [-0.15, -0.1) is 0 Å². The second-order valence-corrected chi connectivity index (χ2v) is 13.3. The number of aliphatic hydroxyl groups excluding tert-OH is 1. The van der Waals surface area contributed by atoms with E-state index in [9.17, 15) is 24.3 Å². The fraction of sp³-hybridized carbons (Fsp3) is 0.459. The van der Waals surface area contributed by atoms with Gasteiger partial charge in [0.2, 0.25) is 11.8 Å². The van der Waals surface area contributed by atoms with Gasteiger partial charge in [-0.3, -0.25) is 19.2 Å². The predicted molar refractivity (Wildman–Crippen MR) is 175 cm³/mol. The molecule has 248 valence electrons. The molecule has 0 aromatic heterocycles. The van der Waals surface area contributed by atoms with Crippen molar-refractivity contribution in [1.29, 1.82) is 0 Å². The number of aryl methyl sites for hydroxylation is 2. The second kappa shape index (κ2) is 13.1. The number of esters is 1. The maximum Gasteiger partial charge on any atom is 0.306 e. The molecule has 3 amide bonds. The quantitative estimate of drug-likeness (QED) is 0.378. The summed E-state index contributed by atoms with van der Waals surface area (Å²) in [6.07, 6.45) is 6.80. The number of fused-ring (bicyclic) bond motifs is 2. The van der Waals surface area contributed by atoms with Crippen molar-refractivity contribution in [3.8, 4) is 0 Å². The number of allylic oxidation sites excluding steroid dienone is 1. The van der Waals surface area contributed by atoms with E-state index < -0.39 is 53.5 Å². The number of nitrogens with one attached hydrogen (secondary N) is 1. The van der Waals surface area contributed by atoms with Crippen molar-refractivity contribution >= 4 is 29.4 Å². The van der Waals surface area contributed by atoms with E-state index in [1.165, 1.54) is 4.90 Å². The van der Waals surface area contributed by atoms with Crippen molar-refractivity contribution in [1.82, 2.24) is 10.2 Å². The molecule has 0 aliphatic carbocycles. The number of likely N-dealkylation sites (tertiary alicyclic amines) is 1. The van der Waals surface area contributed by atoms with Crippen molar-refractivity contribution in [3.05, 3.63) is 89.5 Å². The Morgan fingerprint density at radius 2 is 1.79 bits per heavy atom. The molecular weight excluding hydrogens is 598 g/mol. The number of nitrogens with zero attached hydrogens (tertiary/aromatic N) is 2. The third-order valence-electron chi connectivity index (χ3n) is 9.97. The van der Waals surface area contributed by atoms with Gasteiger partial charge in [-0.05, 0) is 48.9 Å². The molecule has 47 heavy (non-hydrogen) atoms.